The van der Waals surface area contributed by atoms with E-state index in [1.165, 1.54) is 0 Å². The van der Waals surface area contributed by atoms with E-state index in [9.17, 15) is 4.79 Å². The van der Waals surface area contributed by atoms with E-state index in [-0.39, 0.29) is 5.97 Å². The fourth-order valence-corrected chi connectivity index (χ4v) is 0.563. The Morgan fingerprint density at radius 1 is 1.82 bits per heavy atom. The Kier molecular flexibility index (Phi) is 5.94. The molecule has 0 aromatic rings. The van der Waals surface area contributed by atoms with Crippen LogP contribution in [0.2, 0.25) is 0 Å². The fraction of sp³-hybridized carbons (Fsp3) is 0.625. The highest BCUT2D eigenvalue weighted by Gasteiger charge is 2.12. The average Bonchev–Trinajstić information content (AvgIpc) is 2.03. The van der Waals surface area contributed by atoms with E-state index in [2.05, 4.69) is 6.58 Å². The molecule has 0 aromatic carbocycles. The van der Waals surface area contributed by atoms with Crippen molar-refractivity contribution in [3.8, 4) is 0 Å². The van der Waals surface area contributed by atoms with Gasteiger partial charge in [-0.05, 0) is 12.8 Å². The molecule has 11 heavy (non-hydrogen) atoms. The highest BCUT2D eigenvalue weighted by Crippen LogP contribution is 2.03. The zero-order chi connectivity index (χ0) is 8.69. The van der Waals surface area contributed by atoms with Crippen LogP contribution in [0.3, 0.4) is 0 Å². The van der Waals surface area contributed by atoms with Crippen LogP contribution in [0, 0.1) is 0 Å². The first-order chi connectivity index (χ1) is 5.22. The minimum atomic E-state index is -0.500. The molecule has 0 spiro atoms. The summed E-state index contributed by atoms with van der Waals surface area (Å²) in [5, 5.41) is -0.500. The summed E-state index contributed by atoms with van der Waals surface area (Å²) >= 11 is 5.59. The molecule has 0 aliphatic carbocycles. The quantitative estimate of drug-likeness (QED) is 0.278. The molecular formula is C8H13ClO2. The van der Waals surface area contributed by atoms with Crippen LogP contribution in [0.1, 0.15) is 19.8 Å². The minimum Gasteiger partial charge on any atom is -0.464 e. The Morgan fingerprint density at radius 2 is 2.45 bits per heavy atom. The van der Waals surface area contributed by atoms with Crippen LogP contribution in [0.25, 0.3) is 0 Å². The Labute approximate surface area is 72.2 Å². The van der Waals surface area contributed by atoms with Crippen molar-refractivity contribution in [2.75, 3.05) is 6.61 Å². The zero-order valence-corrected chi connectivity index (χ0v) is 7.43. The van der Waals surface area contributed by atoms with Crippen molar-refractivity contribution in [1.29, 1.82) is 0 Å². The van der Waals surface area contributed by atoms with Gasteiger partial charge in [0.25, 0.3) is 0 Å². The molecule has 1 atom stereocenters. The lowest BCUT2D eigenvalue weighted by Crippen LogP contribution is -2.17. The van der Waals surface area contributed by atoms with Crippen molar-refractivity contribution in [2.24, 2.45) is 0 Å². The zero-order valence-electron chi connectivity index (χ0n) is 6.68. The lowest BCUT2D eigenvalue weighted by atomic mass is 10.3. The molecule has 0 radical (unpaired) electrons. The van der Waals surface area contributed by atoms with Gasteiger partial charge >= 0.3 is 5.97 Å². The standard InChI is InChI=1S/C8H13ClO2/c1-3-5-6-11-8(10)7(9)4-2/h3,7H,1,4-6H2,2H3. The van der Waals surface area contributed by atoms with Gasteiger partial charge in [-0.3, -0.25) is 4.79 Å². The lowest BCUT2D eigenvalue weighted by molar-refractivity contribution is -0.143. The molecule has 0 aromatic heterocycles. The molecule has 64 valence electrons. The average molecular weight is 177 g/mol. The Balaban J connectivity index is 3.43. The second kappa shape index (κ2) is 6.23. The summed E-state index contributed by atoms with van der Waals surface area (Å²) in [5.41, 5.74) is 0. The summed E-state index contributed by atoms with van der Waals surface area (Å²) in [6, 6.07) is 0. The molecule has 1 unspecified atom stereocenters. The van der Waals surface area contributed by atoms with E-state index < -0.39 is 5.38 Å². The minimum absolute atomic E-state index is 0.337. The maximum atomic E-state index is 10.9. The number of ether oxygens (including phenoxy) is 1. The molecule has 0 saturated heterocycles. The van der Waals surface area contributed by atoms with E-state index in [1.54, 1.807) is 6.08 Å². The summed E-state index contributed by atoms with van der Waals surface area (Å²) in [4.78, 5) is 10.9. The van der Waals surface area contributed by atoms with Crippen molar-refractivity contribution in [3.05, 3.63) is 12.7 Å². The van der Waals surface area contributed by atoms with Crippen LogP contribution in [-0.4, -0.2) is 18.0 Å². The molecule has 2 nitrogen and oxygen atoms in total. The third kappa shape index (κ3) is 4.85. The lowest BCUT2D eigenvalue weighted by Gasteiger charge is -2.05. The summed E-state index contributed by atoms with van der Waals surface area (Å²) < 4.78 is 4.79. The molecule has 0 amide bonds. The van der Waals surface area contributed by atoms with Crippen LogP contribution in [0.4, 0.5) is 0 Å². The largest absolute Gasteiger partial charge is 0.464 e. The number of halogens is 1. The highest BCUT2D eigenvalue weighted by atomic mass is 35.5. The highest BCUT2D eigenvalue weighted by molar-refractivity contribution is 6.29. The molecule has 0 saturated carbocycles. The van der Waals surface area contributed by atoms with Crippen molar-refractivity contribution in [1.82, 2.24) is 0 Å². The molecule has 0 N–H and O–H groups in total. The molecule has 0 aliphatic rings. The predicted octanol–water partition coefficient (Wildman–Crippen LogP) is 2.12. The summed E-state index contributed by atoms with van der Waals surface area (Å²) in [7, 11) is 0. The van der Waals surface area contributed by atoms with Gasteiger partial charge < -0.3 is 4.74 Å². The van der Waals surface area contributed by atoms with Crippen molar-refractivity contribution < 1.29 is 9.53 Å². The van der Waals surface area contributed by atoms with Gasteiger partial charge in [-0.25, -0.2) is 0 Å². The third-order valence-electron chi connectivity index (χ3n) is 1.18. The smallest absolute Gasteiger partial charge is 0.324 e. The maximum absolute atomic E-state index is 10.9. The molecule has 0 rings (SSSR count). The Morgan fingerprint density at radius 3 is 2.91 bits per heavy atom. The van der Waals surface area contributed by atoms with Crippen LogP contribution in [0.15, 0.2) is 12.7 Å². The molecule has 0 bridgehead atoms. The van der Waals surface area contributed by atoms with Gasteiger partial charge in [0, 0.05) is 0 Å². The number of carbonyl (C=O) groups is 1. The van der Waals surface area contributed by atoms with E-state index in [1.807, 2.05) is 6.92 Å². The van der Waals surface area contributed by atoms with Gasteiger partial charge in [0.1, 0.15) is 5.38 Å². The normalized spacial score (nSPS) is 12.2. The number of hydrogen-bond acceptors (Lipinski definition) is 2. The summed E-state index contributed by atoms with van der Waals surface area (Å²) in [6.07, 6.45) is 2.98. The van der Waals surface area contributed by atoms with E-state index in [0.717, 1.165) is 0 Å². The SMILES string of the molecule is C=CCCOC(=O)C(Cl)CC. The second-order valence-corrected chi connectivity index (χ2v) is 2.65. The van der Waals surface area contributed by atoms with Crippen LogP contribution in [0.5, 0.6) is 0 Å². The van der Waals surface area contributed by atoms with Gasteiger partial charge in [-0.2, -0.15) is 0 Å². The first kappa shape index (κ1) is 10.5. The first-order valence-corrected chi connectivity index (χ1v) is 4.07. The van der Waals surface area contributed by atoms with E-state index in [0.29, 0.717) is 19.4 Å². The number of rotatable bonds is 5. The van der Waals surface area contributed by atoms with E-state index >= 15 is 0 Å². The van der Waals surface area contributed by atoms with Gasteiger partial charge in [0.2, 0.25) is 0 Å². The molecule has 0 aliphatic heterocycles. The van der Waals surface area contributed by atoms with Crippen LogP contribution < -0.4 is 0 Å². The monoisotopic (exact) mass is 176 g/mol. The Hall–Kier alpha value is -0.500. The number of alkyl halides is 1. The summed E-state index contributed by atoms with van der Waals surface area (Å²) in [5.74, 6) is -0.337. The van der Waals surface area contributed by atoms with E-state index in [4.69, 9.17) is 16.3 Å². The molecule has 0 heterocycles. The molecular weight excluding hydrogens is 164 g/mol. The predicted molar refractivity (Wildman–Crippen MR) is 45.7 cm³/mol. The fourth-order valence-electron chi connectivity index (χ4n) is 0.500. The number of esters is 1. The second-order valence-electron chi connectivity index (χ2n) is 2.12. The third-order valence-corrected chi connectivity index (χ3v) is 1.67. The van der Waals surface area contributed by atoms with Crippen LogP contribution in [-0.2, 0) is 9.53 Å². The number of carbonyl (C=O) groups excluding carboxylic acids is 1. The Bertz CT molecular complexity index is 134. The topological polar surface area (TPSA) is 26.3 Å². The van der Waals surface area contributed by atoms with Crippen molar-refractivity contribution >= 4 is 17.6 Å². The first-order valence-electron chi connectivity index (χ1n) is 3.64. The summed E-state index contributed by atoms with van der Waals surface area (Å²) in [6.45, 7) is 5.72. The number of hydrogen-bond donors (Lipinski definition) is 0. The molecule has 3 heteroatoms. The van der Waals surface area contributed by atoms with Gasteiger partial charge in [0.15, 0.2) is 0 Å². The van der Waals surface area contributed by atoms with Gasteiger partial charge in [0.05, 0.1) is 6.61 Å². The van der Waals surface area contributed by atoms with Crippen LogP contribution >= 0.6 is 11.6 Å². The van der Waals surface area contributed by atoms with Crippen molar-refractivity contribution in [3.63, 3.8) is 0 Å². The van der Waals surface area contributed by atoms with Gasteiger partial charge in [-0.15, -0.1) is 18.2 Å². The van der Waals surface area contributed by atoms with Crippen molar-refractivity contribution in [2.45, 2.75) is 25.1 Å². The molecule has 0 fully saturated rings. The maximum Gasteiger partial charge on any atom is 0.324 e. The van der Waals surface area contributed by atoms with Gasteiger partial charge in [-0.1, -0.05) is 13.0 Å².